The van der Waals surface area contributed by atoms with Gasteiger partial charge in [-0.25, -0.2) is 5.01 Å². The first-order chi connectivity index (χ1) is 11.8. The van der Waals surface area contributed by atoms with Gasteiger partial charge < -0.3 is 10.2 Å². The summed E-state index contributed by atoms with van der Waals surface area (Å²) in [5, 5.41) is 8.94. The molecular weight excluding hydrogens is 372 g/mol. The highest BCUT2D eigenvalue weighted by atomic mass is 35.5. The van der Waals surface area contributed by atoms with Crippen LogP contribution in [0.4, 0.5) is 0 Å². The van der Waals surface area contributed by atoms with E-state index in [1.807, 2.05) is 56.6 Å². The lowest BCUT2D eigenvalue weighted by atomic mass is 10.1. The summed E-state index contributed by atoms with van der Waals surface area (Å²) in [5.41, 5.74) is 1.05. The molecule has 1 atom stereocenters. The normalized spacial score (nSPS) is 19.4. The van der Waals surface area contributed by atoms with E-state index in [1.54, 1.807) is 0 Å². The number of amides is 2. The molecule has 6 nitrogen and oxygen atoms in total. The molecule has 0 aromatic heterocycles. The highest BCUT2D eigenvalue weighted by Crippen LogP contribution is 2.41. The Morgan fingerprint density at radius 2 is 1.92 bits per heavy atom. The Kier molecular flexibility index (Phi) is 8.33. The van der Waals surface area contributed by atoms with Crippen LogP contribution in [0.1, 0.15) is 25.8 Å². The number of carbonyl (C=O) groups excluding carboxylic acids is 2. The SMILES string of the molecule is CC(=O)NC1=NN(C(C)=O)C(C=Cc2ccccc2)(CCN(C)C)S1.Cl. The van der Waals surface area contributed by atoms with Crippen LogP contribution in [0.2, 0.25) is 0 Å². The van der Waals surface area contributed by atoms with Gasteiger partial charge in [-0.1, -0.05) is 48.2 Å². The van der Waals surface area contributed by atoms with Gasteiger partial charge in [0.05, 0.1) is 0 Å². The summed E-state index contributed by atoms with van der Waals surface area (Å²) < 4.78 is 0. The molecule has 2 amide bonds. The summed E-state index contributed by atoms with van der Waals surface area (Å²) in [6, 6.07) is 9.90. The molecule has 8 heteroatoms. The van der Waals surface area contributed by atoms with Gasteiger partial charge in [0.25, 0.3) is 0 Å². The number of amidine groups is 1. The Morgan fingerprint density at radius 3 is 2.46 bits per heavy atom. The maximum Gasteiger partial charge on any atom is 0.241 e. The number of thioether (sulfide) groups is 1. The average molecular weight is 397 g/mol. The Morgan fingerprint density at radius 1 is 1.27 bits per heavy atom. The molecule has 0 aliphatic carbocycles. The van der Waals surface area contributed by atoms with Gasteiger partial charge in [-0.15, -0.1) is 17.5 Å². The molecule has 1 aromatic carbocycles. The molecule has 142 valence electrons. The molecule has 2 rings (SSSR count). The lowest BCUT2D eigenvalue weighted by molar-refractivity contribution is -0.131. The van der Waals surface area contributed by atoms with E-state index in [0.29, 0.717) is 11.6 Å². The van der Waals surface area contributed by atoms with Crippen LogP contribution in [-0.4, -0.2) is 52.4 Å². The number of nitrogens with zero attached hydrogens (tertiary/aromatic N) is 3. The number of carbonyl (C=O) groups is 2. The number of nitrogens with one attached hydrogen (secondary N) is 1. The van der Waals surface area contributed by atoms with Crippen molar-refractivity contribution in [2.75, 3.05) is 20.6 Å². The van der Waals surface area contributed by atoms with Gasteiger partial charge in [0.1, 0.15) is 4.87 Å². The van der Waals surface area contributed by atoms with E-state index >= 15 is 0 Å². The standard InChI is InChI=1S/C18H24N4O2S.ClH/c1-14(23)19-17-20-22(15(2)24)18(25-17,12-13-21(3)4)11-10-16-8-6-5-7-9-16;/h5-11H,12-13H2,1-4H3,(H,19,20,23);1H. The minimum Gasteiger partial charge on any atom is -0.309 e. The van der Waals surface area contributed by atoms with Gasteiger partial charge in [0.2, 0.25) is 11.8 Å². The highest BCUT2D eigenvalue weighted by molar-refractivity contribution is 8.15. The first-order valence-corrected chi connectivity index (χ1v) is 8.89. The number of benzene rings is 1. The van der Waals surface area contributed by atoms with E-state index in [-0.39, 0.29) is 24.2 Å². The number of hydrogen-bond acceptors (Lipinski definition) is 5. The topological polar surface area (TPSA) is 65.0 Å². The lowest BCUT2D eigenvalue weighted by Crippen LogP contribution is -2.43. The van der Waals surface area contributed by atoms with Crippen LogP contribution in [-0.2, 0) is 9.59 Å². The van der Waals surface area contributed by atoms with Crippen LogP contribution in [0.5, 0.6) is 0 Å². The van der Waals surface area contributed by atoms with E-state index < -0.39 is 4.87 Å². The van der Waals surface area contributed by atoms with E-state index in [9.17, 15) is 9.59 Å². The fraction of sp³-hybridized carbons (Fsp3) is 0.389. The van der Waals surface area contributed by atoms with Crippen molar-refractivity contribution in [3.8, 4) is 0 Å². The third-order valence-corrected chi connectivity index (χ3v) is 4.90. The average Bonchev–Trinajstić information content (AvgIpc) is 2.90. The predicted molar refractivity (Wildman–Crippen MR) is 110 cm³/mol. The van der Waals surface area contributed by atoms with Crippen molar-refractivity contribution in [1.82, 2.24) is 15.2 Å². The Bertz CT molecular complexity index is 694. The smallest absolute Gasteiger partial charge is 0.241 e. The predicted octanol–water partition coefficient (Wildman–Crippen LogP) is 2.77. The highest BCUT2D eigenvalue weighted by Gasteiger charge is 2.44. The summed E-state index contributed by atoms with van der Waals surface area (Å²) in [7, 11) is 3.98. The Labute approximate surface area is 165 Å². The molecule has 0 saturated carbocycles. The summed E-state index contributed by atoms with van der Waals surface area (Å²) in [4.78, 5) is 25.0. The van der Waals surface area contributed by atoms with E-state index in [0.717, 1.165) is 12.1 Å². The Hall–Kier alpha value is -1.83. The molecule has 26 heavy (non-hydrogen) atoms. The minimum atomic E-state index is -0.663. The minimum absolute atomic E-state index is 0. The molecule has 0 fully saturated rings. The first-order valence-electron chi connectivity index (χ1n) is 8.07. The third kappa shape index (κ3) is 5.86. The molecule has 0 radical (unpaired) electrons. The number of rotatable bonds is 5. The maximum atomic E-state index is 12.2. The van der Waals surface area contributed by atoms with Gasteiger partial charge in [0, 0.05) is 20.4 Å². The molecule has 0 spiro atoms. The number of halogens is 1. The quantitative estimate of drug-likeness (QED) is 0.831. The van der Waals surface area contributed by atoms with Crippen LogP contribution in [0.15, 0.2) is 41.5 Å². The van der Waals surface area contributed by atoms with Crippen LogP contribution in [0.25, 0.3) is 6.08 Å². The largest absolute Gasteiger partial charge is 0.309 e. The van der Waals surface area contributed by atoms with Crippen LogP contribution >= 0.6 is 24.2 Å². The van der Waals surface area contributed by atoms with Crippen LogP contribution < -0.4 is 5.32 Å². The van der Waals surface area contributed by atoms with Gasteiger partial charge >= 0.3 is 0 Å². The fourth-order valence-electron chi connectivity index (χ4n) is 2.46. The van der Waals surface area contributed by atoms with Crippen LogP contribution in [0.3, 0.4) is 0 Å². The number of hydrogen-bond donors (Lipinski definition) is 1. The second kappa shape index (κ2) is 9.75. The first kappa shape index (κ1) is 22.2. The summed E-state index contributed by atoms with van der Waals surface area (Å²) in [6.07, 6.45) is 4.67. The molecule has 1 unspecified atom stereocenters. The van der Waals surface area contributed by atoms with E-state index in [2.05, 4.69) is 15.3 Å². The zero-order chi connectivity index (χ0) is 18.4. The molecule has 1 aliphatic heterocycles. The maximum absolute atomic E-state index is 12.2. The molecule has 1 aromatic rings. The lowest BCUT2D eigenvalue weighted by Gasteiger charge is -2.32. The van der Waals surface area contributed by atoms with Crippen LogP contribution in [0, 0.1) is 0 Å². The van der Waals surface area contributed by atoms with Gasteiger partial charge in [-0.3, -0.25) is 9.59 Å². The van der Waals surface area contributed by atoms with Crippen molar-refractivity contribution < 1.29 is 9.59 Å². The zero-order valence-corrected chi connectivity index (χ0v) is 17.1. The van der Waals surface area contributed by atoms with Crippen molar-refractivity contribution in [1.29, 1.82) is 0 Å². The summed E-state index contributed by atoms with van der Waals surface area (Å²) >= 11 is 1.39. The molecule has 0 bridgehead atoms. The molecular formula is C18H25ClN4O2S. The van der Waals surface area contributed by atoms with E-state index in [1.165, 1.54) is 30.6 Å². The molecule has 1 heterocycles. The second-order valence-electron chi connectivity index (χ2n) is 6.16. The van der Waals surface area contributed by atoms with Gasteiger partial charge in [-0.05, 0) is 32.2 Å². The van der Waals surface area contributed by atoms with Crippen molar-refractivity contribution in [2.24, 2.45) is 5.10 Å². The fourth-order valence-corrected chi connectivity index (χ4v) is 3.70. The van der Waals surface area contributed by atoms with E-state index in [4.69, 9.17) is 0 Å². The van der Waals surface area contributed by atoms with Crippen molar-refractivity contribution >= 4 is 47.2 Å². The van der Waals surface area contributed by atoms with Crippen molar-refractivity contribution in [3.05, 3.63) is 42.0 Å². The van der Waals surface area contributed by atoms with Crippen molar-refractivity contribution in [3.63, 3.8) is 0 Å². The third-order valence-electron chi connectivity index (χ3n) is 3.66. The zero-order valence-electron chi connectivity index (χ0n) is 15.4. The molecule has 1 aliphatic rings. The van der Waals surface area contributed by atoms with Gasteiger partial charge in [0.15, 0.2) is 5.17 Å². The monoisotopic (exact) mass is 396 g/mol. The molecule has 0 saturated heterocycles. The van der Waals surface area contributed by atoms with Gasteiger partial charge in [-0.2, -0.15) is 0 Å². The second-order valence-corrected chi connectivity index (χ2v) is 7.46. The molecule has 1 N–H and O–H groups in total. The number of hydrazone groups is 1. The summed E-state index contributed by atoms with van der Waals surface area (Å²) in [6.45, 7) is 3.70. The van der Waals surface area contributed by atoms with Crippen molar-refractivity contribution in [2.45, 2.75) is 25.1 Å². The Balaban J connectivity index is 0.00000338. The summed E-state index contributed by atoms with van der Waals surface area (Å²) in [5.74, 6) is -0.366.